The Morgan fingerprint density at radius 2 is 1.84 bits per heavy atom. The van der Waals surface area contributed by atoms with Crippen LogP contribution in [0.2, 0.25) is 0 Å². The van der Waals surface area contributed by atoms with Crippen molar-refractivity contribution in [2.75, 3.05) is 13.7 Å². The molecule has 0 unspecified atom stereocenters. The molecule has 1 fully saturated rings. The maximum atomic E-state index is 14.8. The Morgan fingerprint density at radius 3 is 2.55 bits per heavy atom. The Kier molecular flexibility index (Phi) is 9.73. The summed E-state index contributed by atoms with van der Waals surface area (Å²) in [4.78, 5) is 13.2. The van der Waals surface area contributed by atoms with E-state index in [1.165, 1.54) is 18.9 Å². The standard InChI is InChI=1S/C32H37FO4S/c1-5-36-32(34)18-25(15-22-9-10-22)24-7-6-8-27(17-24)37-20-23-11-13-28(31(16-23)38-21(2)3)29-19-26(35-4)12-14-30(29)33/h6-8,11-14,16-17,19,21-22,25H,5,9-10,15,18,20H2,1-4H3/t25-/m0/s1. The average molecular weight is 537 g/mol. The van der Waals surface area contributed by atoms with Gasteiger partial charge >= 0.3 is 5.97 Å². The molecule has 202 valence electrons. The third-order valence-electron chi connectivity index (χ3n) is 6.64. The Balaban J connectivity index is 1.52. The van der Waals surface area contributed by atoms with E-state index >= 15 is 0 Å². The Hall–Kier alpha value is -2.99. The number of carbonyl (C=O) groups is 1. The summed E-state index contributed by atoms with van der Waals surface area (Å²) in [5, 5.41) is 0.332. The van der Waals surface area contributed by atoms with Crippen LogP contribution in [0, 0.1) is 11.7 Å². The molecule has 38 heavy (non-hydrogen) atoms. The largest absolute Gasteiger partial charge is 0.497 e. The molecular formula is C32H37FO4S. The predicted molar refractivity (Wildman–Crippen MR) is 151 cm³/mol. The van der Waals surface area contributed by atoms with Crippen LogP contribution in [0.15, 0.2) is 65.6 Å². The van der Waals surface area contributed by atoms with Crippen molar-refractivity contribution in [1.29, 1.82) is 0 Å². The smallest absolute Gasteiger partial charge is 0.306 e. The summed E-state index contributed by atoms with van der Waals surface area (Å²) in [7, 11) is 1.58. The molecule has 0 radical (unpaired) electrons. The van der Waals surface area contributed by atoms with Gasteiger partial charge < -0.3 is 14.2 Å². The SMILES string of the molecule is CCOC(=O)C[C@H](CC1CC1)c1cccc(OCc2ccc(-c3cc(OC)ccc3F)c(SC(C)C)c2)c1. The third kappa shape index (κ3) is 7.76. The second-order valence-corrected chi connectivity index (χ2v) is 11.7. The Morgan fingerprint density at radius 1 is 1.03 bits per heavy atom. The van der Waals surface area contributed by atoms with Crippen LogP contribution in [0.3, 0.4) is 0 Å². The minimum Gasteiger partial charge on any atom is -0.497 e. The molecule has 6 heteroatoms. The monoisotopic (exact) mass is 536 g/mol. The molecule has 0 bridgehead atoms. The fourth-order valence-corrected chi connectivity index (χ4v) is 5.64. The van der Waals surface area contributed by atoms with E-state index in [9.17, 15) is 9.18 Å². The zero-order valence-electron chi connectivity index (χ0n) is 22.7. The molecule has 3 aromatic carbocycles. The van der Waals surface area contributed by atoms with Crippen LogP contribution in [0.1, 0.15) is 63.5 Å². The van der Waals surface area contributed by atoms with Gasteiger partial charge in [0.15, 0.2) is 0 Å². The lowest BCUT2D eigenvalue weighted by Crippen LogP contribution is -2.11. The van der Waals surface area contributed by atoms with Crippen molar-refractivity contribution in [2.45, 2.75) is 69.1 Å². The van der Waals surface area contributed by atoms with E-state index in [1.807, 2.05) is 31.2 Å². The highest BCUT2D eigenvalue weighted by Crippen LogP contribution is 2.41. The lowest BCUT2D eigenvalue weighted by molar-refractivity contribution is -0.143. The van der Waals surface area contributed by atoms with Gasteiger partial charge in [-0.2, -0.15) is 0 Å². The molecule has 1 atom stereocenters. The molecule has 0 aliphatic heterocycles. The fraction of sp³-hybridized carbons (Fsp3) is 0.406. The summed E-state index contributed by atoms with van der Waals surface area (Å²) in [5.41, 5.74) is 3.48. The minimum absolute atomic E-state index is 0.135. The van der Waals surface area contributed by atoms with Crippen molar-refractivity contribution in [1.82, 2.24) is 0 Å². The zero-order chi connectivity index (χ0) is 27.1. The number of ether oxygens (including phenoxy) is 3. The van der Waals surface area contributed by atoms with Crippen molar-refractivity contribution in [2.24, 2.45) is 5.92 Å². The highest BCUT2D eigenvalue weighted by Gasteiger charge is 2.28. The molecule has 3 aromatic rings. The molecule has 0 aromatic heterocycles. The van der Waals surface area contributed by atoms with Gasteiger partial charge in [-0.3, -0.25) is 4.79 Å². The lowest BCUT2D eigenvalue weighted by atomic mass is 9.90. The van der Waals surface area contributed by atoms with E-state index in [-0.39, 0.29) is 17.7 Å². The predicted octanol–water partition coefficient (Wildman–Crippen LogP) is 8.42. The van der Waals surface area contributed by atoms with E-state index < -0.39 is 0 Å². The van der Waals surface area contributed by atoms with Crippen LogP contribution in [-0.4, -0.2) is 24.9 Å². The van der Waals surface area contributed by atoms with Crippen LogP contribution in [0.5, 0.6) is 11.5 Å². The number of thioether (sulfide) groups is 1. The van der Waals surface area contributed by atoms with E-state index in [0.29, 0.717) is 42.1 Å². The summed E-state index contributed by atoms with van der Waals surface area (Å²) in [6.07, 6.45) is 3.87. The van der Waals surface area contributed by atoms with Crippen molar-refractivity contribution in [3.05, 3.63) is 77.6 Å². The molecule has 0 spiro atoms. The Labute approximate surface area is 229 Å². The third-order valence-corrected chi connectivity index (χ3v) is 7.70. The van der Waals surface area contributed by atoms with Crippen molar-refractivity contribution in [3.8, 4) is 22.6 Å². The van der Waals surface area contributed by atoms with Crippen molar-refractivity contribution in [3.63, 3.8) is 0 Å². The number of esters is 1. The van der Waals surface area contributed by atoms with Gasteiger partial charge in [0.2, 0.25) is 0 Å². The molecule has 0 saturated heterocycles. The van der Waals surface area contributed by atoms with Crippen LogP contribution in [-0.2, 0) is 16.1 Å². The van der Waals surface area contributed by atoms with Gasteiger partial charge in [-0.1, -0.05) is 51.0 Å². The molecule has 0 heterocycles. The number of hydrogen-bond donors (Lipinski definition) is 0. The van der Waals surface area contributed by atoms with Gasteiger partial charge in [-0.15, -0.1) is 11.8 Å². The van der Waals surface area contributed by atoms with Crippen LogP contribution in [0.4, 0.5) is 4.39 Å². The molecule has 0 amide bonds. The first kappa shape index (κ1) is 28.0. The van der Waals surface area contributed by atoms with Crippen LogP contribution < -0.4 is 9.47 Å². The molecule has 1 aliphatic rings. The van der Waals surface area contributed by atoms with Gasteiger partial charge in [0, 0.05) is 15.7 Å². The molecule has 0 N–H and O–H groups in total. The van der Waals surface area contributed by atoms with Crippen LogP contribution in [0.25, 0.3) is 11.1 Å². The second kappa shape index (κ2) is 13.2. The van der Waals surface area contributed by atoms with E-state index in [4.69, 9.17) is 14.2 Å². The van der Waals surface area contributed by atoms with E-state index in [1.54, 1.807) is 31.0 Å². The summed E-state index contributed by atoms with van der Waals surface area (Å²) < 4.78 is 31.5. The van der Waals surface area contributed by atoms with Crippen LogP contribution >= 0.6 is 11.8 Å². The van der Waals surface area contributed by atoms with Gasteiger partial charge in [-0.25, -0.2) is 4.39 Å². The summed E-state index contributed by atoms with van der Waals surface area (Å²) >= 11 is 1.70. The van der Waals surface area contributed by atoms with Gasteiger partial charge in [0.05, 0.1) is 20.1 Å². The topological polar surface area (TPSA) is 44.8 Å². The zero-order valence-corrected chi connectivity index (χ0v) is 23.5. The molecule has 4 nitrogen and oxygen atoms in total. The quantitative estimate of drug-likeness (QED) is 0.162. The summed E-state index contributed by atoms with van der Waals surface area (Å²) in [6.45, 7) is 6.88. The number of rotatable bonds is 13. The second-order valence-electron chi connectivity index (χ2n) is 10.1. The fourth-order valence-electron chi connectivity index (χ4n) is 4.61. The first-order valence-corrected chi connectivity index (χ1v) is 14.3. The lowest BCUT2D eigenvalue weighted by Gasteiger charge is -2.18. The number of hydrogen-bond acceptors (Lipinski definition) is 5. The highest BCUT2D eigenvalue weighted by molar-refractivity contribution is 8.00. The van der Waals surface area contributed by atoms with Crippen molar-refractivity contribution < 1.29 is 23.4 Å². The Bertz CT molecular complexity index is 1240. The molecule has 1 aliphatic carbocycles. The number of carbonyl (C=O) groups excluding carboxylic acids is 1. The maximum Gasteiger partial charge on any atom is 0.306 e. The normalized spacial score (nSPS) is 13.8. The minimum atomic E-state index is -0.277. The first-order chi connectivity index (χ1) is 18.4. The molecule has 1 saturated carbocycles. The number of benzene rings is 3. The number of methoxy groups -OCH3 is 1. The first-order valence-electron chi connectivity index (χ1n) is 13.4. The average Bonchev–Trinajstić information content (AvgIpc) is 3.72. The van der Waals surface area contributed by atoms with E-state index in [2.05, 4.69) is 32.0 Å². The molecular weight excluding hydrogens is 499 g/mol. The maximum absolute atomic E-state index is 14.8. The van der Waals surface area contributed by atoms with Gasteiger partial charge in [0.25, 0.3) is 0 Å². The summed E-state index contributed by atoms with van der Waals surface area (Å²) in [6, 6.07) is 18.9. The summed E-state index contributed by atoms with van der Waals surface area (Å²) in [5.74, 6) is 1.80. The molecule has 4 rings (SSSR count). The van der Waals surface area contributed by atoms with Crippen molar-refractivity contribution >= 4 is 17.7 Å². The van der Waals surface area contributed by atoms with Gasteiger partial charge in [-0.05, 0) is 78.3 Å². The van der Waals surface area contributed by atoms with Gasteiger partial charge in [0.1, 0.15) is 23.9 Å². The number of halogens is 1. The van der Waals surface area contributed by atoms with E-state index in [0.717, 1.165) is 33.8 Å². The highest BCUT2D eigenvalue weighted by atomic mass is 32.2.